The third-order valence-corrected chi connectivity index (χ3v) is 3.99. The van der Waals surface area contributed by atoms with Gasteiger partial charge in [-0.05, 0) is 70.7 Å². The monoisotopic (exact) mass is 391 g/mol. The molecule has 0 bridgehead atoms. The van der Waals surface area contributed by atoms with Crippen LogP contribution in [0, 0.1) is 0 Å². The van der Waals surface area contributed by atoms with Crippen molar-refractivity contribution >= 4 is 27.5 Å². The lowest BCUT2D eigenvalue weighted by Crippen LogP contribution is -2.20. The zero-order valence-corrected chi connectivity index (χ0v) is 15.6. The fraction of sp³-hybridized carbons (Fsp3) is 0.316. The van der Waals surface area contributed by atoms with Gasteiger partial charge in [0, 0.05) is 5.69 Å². The van der Waals surface area contributed by atoms with E-state index in [0.29, 0.717) is 18.0 Å². The molecular weight excluding hydrogens is 370 g/mol. The van der Waals surface area contributed by atoms with Gasteiger partial charge in [0.1, 0.15) is 11.5 Å². The van der Waals surface area contributed by atoms with Gasteiger partial charge in [-0.15, -0.1) is 0 Å². The summed E-state index contributed by atoms with van der Waals surface area (Å²) in [6.45, 7) is 4.79. The molecule has 5 heteroatoms. The minimum atomic E-state index is -0.205. The van der Waals surface area contributed by atoms with Crippen molar-refractivity contribution in [2.75, 3.05) is 18.5 Å². The molecule has 2 aromatic carbocycles. The van der Waals surface area contributed by atoms with Crippen molar-refractivity contribution in [2.24, 2.45) is 0 Å². The number of hydrogen-bond acceptors (Lipinski definition) is 3. The molecule has 0 aliphatic rings. The van der Waals surface area contributed by atoms with Crippen LogP contribution >= 0.6 is 15.9 Å². The van der Waals surface area contributed by atoms with Gasteiger partial charge in [0.25, 0.3) is 5.91 Å². The van der Waals surface area contributed by atoms with Gasteiger partial charge in [0.15, 0.2) is 6.61 Å². The highest BCUT2D eigenvalue weighted by Gasteiger charge is 2.07. The number of halogens is 1. The minimum absolute atomic E-state index is 0.0435. The normalized spacial score (nSPS) is 10.3. The summed E-state index contributed by atoms with van der Waals surface area (Å²) in [6, 6.07) is 13.2. The molecule has 4 nitrogen and oxygen atoms in total. The quantitative estimate of drug-likeness (QED) is 0.701. The summed E-state index contributed by atoms with van der Waals surface area (Å²) in [5.41, 5.74) is 1.93. The molecule has 0 fully saturated rings. The lowest BCUT2D eigenvalue weighted by atomic mass is 10.2. The van der Waals surface area contributed by atoms with Crippen LogP contribution in [0.5, 0.6) is 11.5 Å². The predicted octanol–water partition coefficient (Wildman–Crippen LogP) is 4.82. The van der Waals surface area contributed by atoms with Gasteiger partial charge in [0.05, 0.1) is 11.1 Å². The number of amides is 1. The maximum absolute atomic E-state index is 12.0. The Labute approximate surface area is 151 Å². The molecule has 0 heterocycles. The first-order chi connectivity index (χ1) is 11.6. The molecule has 0 saturated carbocycles. The average Bonchev–Trinajstić information content (AvgIpc) is 2.60. The summed E-state index contributed by atoms with van der Waals surface area (Å²) in [5.74, 6) is 1.25. The predicted molar refractivity (Wildman–Crippen MR) is 99.9 cm³/mol. The molecule has 0 unspecified atom stereocenters. The third kappa shape index (κ3) is 5.57. The summed E-state index contributed by atoms with van der Waals surface area (Å²) >= 11 is 3.46. The van der Waals surface area contributed by atoms with Crippen LogP contribution in [0.25, 0.3) is 0 Å². The number of anilines is 1. The highest BCUT2D eigenvalue weighted by atomic mass is 79.9. The van der Waals surface area contributed by atoms with Crippen LogP contribution in [-0.2, 0) is 11.2 Å². The molecule has 0 atom stereocenters. The molecule has 0 spiro atoms. The lowest BCUT2D eigenvalue weighted by molar-refractivity contribution is -0.118. The molecular formula is C19H22BrNO3. The van der Waals surface area contributed by atoms with Gasteiger partial charge in [-0.2, -0.15) is 0 Å². The van der Waals surface area contributed by atoms with Crippen LogP contribution in [0.15, 0.2) is 46.9 Å². The van der Waals surface area contributed by atoms with E-state index < -0.39 is 0 Å². The second-order valence-electron chi connectivity index (χ2n) is 5.33. The van der Waals surface area contributed by atoms with Crippen LogP contribution < -0.4 is 14.8 Å². The molecule has 2 rings (SSSR count). The summed E-state index contributed by atoms with van der Waals surface area (Å²) in [4.78, 5) is 12.0. The smallest absolute Gasteiger partial charge is 0.262 e. The Hall–Kier alpha value is -2.01. The van der Waals surface area contributed by atoms with Gasteiger partial charge in [-0.1, -0.05) is 19.9 Å². The first kappa shape index (κ1) is 18.3. The number of hydrogen-bond donors (Lipinski definition) is 1. The SMILES string of the molecule is CCCOc1ccc(NC(=O)COc2ccc(CC)cc2Br)cc1. The molecule has 2 aromatic rings. The molecule has 0 aliphatic carbocycles. The Morgan fingerprint density at radius 2 is 1.83 bits per heavy atom. The molecule has 0 radical (unpaired) electrons. The number of carbonyl (C=O) groups excluding carboxylic acids is 1. The van der Waals surface area contributed by atoms with E-state index in [1.165, 1.54) is 5.56 Å². The van der Waals surface area contributed by atoms with Crippen LogP contribution in [0.1, 0.15) is 25.8 Å². The molecule has 24 heavy (non-hydrogen) atoms. The lowest BCUT2D eigenvalue weighted by Gasteiger charge is -2.10. The highest BCUT2D eigenvalue weighted by molar-refractivity contribution is 9.10. The molecule has 1 amide bonds. The number of benzene rings is 2. The van der Waals surface area contributed by atoms with Crippen molar-refractivity contribution < 1.29 is 14.3 Å². The highest BCUT2D eigenvalue weighted by Crippen LogP contribution is 2.26. The van der Waals surface area contributed by atoms with E-state index >= 15 is 0 Å². The first-order valence-corrected chi connectivity index (χ1v) is 8.85. The van der Waals surface area contributed by atoms with E-state index in [-0.39, 0.29) is 12.5 Å². The molecule has 0 saturated heterocycles. The Morgan fingerprint density at radius 3 is 2.46 bits per heavy atom. The largest absolute Gasteiger partial charge is 0.494 e. The van der Waals surface area contributed by atoms with Gasteiger partial charge < -0.3 is 14.8 Å². The standard InChI is InChI=1S/C19H22BrNO3/c1-3-11-23-16-8-6-15(7-9-16)21-19(22)13-24-18-10-5-14(4-2)12-17(18)20/h5-10,12H,3-4,11,13H2,1-2H3,(H,21,22). The summed E-state index contributed by atoms with van der Waals surface area (Å²) in [5, 5.41) is 2.80. The van der Waals surface area contributed by atoms with Crippen LogP contribution in [0.4, 0.5) is 5.69 Å². The molecule has 1 N–H and O–H groups in total. The summed E-state index contributed by atoms with van der Waals surface area (Å²) in [6.07, 6.45) is 1.92. The van der Waals surface area contributed by atoms with Crippen molar-refractivity contribution in [2.45, 2.75) is 26.7 Å². The molecule has 0 aromatic heterocycles. The van der Waals surface area contributed by atoms with E-state index in [1.54, 1.807) is 0 Å². The Balaban J connectivity index is 1.84. The number of rotatable bonds is 8. The van der Waals surface area contributed by atoms with Gasteiger partial charge in [-0.3, -0.25) is 4.79 Å². The van der Waals surface area contributed by atoms with Crippen molar-refractivity contribution in [1.82, 2.24) is 0 Å². The maximum Gasteiger partial charge on any atom is 0.262 e. The second-order valence-corrected chi connectivity index (χ2v) is 6.18. The summed E-state index contributed by atoms with van der Waals surface area (Å²) in [7, 11) is 0. The van der Waals surface area contributed by atoms with E-state index in [9.17, 15) is 4.79 Å². The van der Waals surface area contributed by atoms with Crippen LogP contribution in [0.3, 0.4) is 0 Å². The summed E-state index contributed by atoms with van der Waals surface area (Å²) < 4.78 is 11.9. The fourth-order valence-corrected chi connectivity index (χ4v) is 2.62. The van der Waals surface area contributed by atoms with Gasteiger partial charge in [-0.25, -0.2) is 0 Å². The number of carbonyl (C=O) groups is 1. The van der Waals surface area contributed by atoms with Crippen molar-refractivity contribution in [3.63, 3.8) is 0 Å². The van der Waals surface area contributed by atoms with Crippen molar-refractivity contribution in [1.29, 1.82) is 0 Å². The van der Waals surface area contributed by atoms with Crippen LogP contribution in [0.2, 0.25) is 0 Å². The topological polar surface area (TPSA) is 47.6 Å². The fourth-order valence-electron chi connectivity index (χ4n) is 2.08. The molecule has 0 aliphatic heterocycles. The number of aryl methyl sites for hydroxylation is 1. The second kappa shape index (κ2) is 9.33. The average molecular weight is 392 g/mol. The van der Waals surface area contributed by atoms with E-state index in [0.717, 1.165) is 23.1 Å². The van der Waals surface area contributed by atoms with E-state index in [1.807, 2.05) is 42.5 Å². The Morgan fingerprint density at radius 1 is 1.08 bits per heavy atom. The zero-order chi connectivity index (χ0) is 17.4. The van der Waals surface area contributed by atoms with Crippen molar-refractivity contribution in [3.8, 4) is 11.5 Å². The van der Waals surface area contributed by atoms with E-state index in [2.05, 4.69) is 35.1 Å². The molecule has 128 valence electrons. The first-order valence-electron chi connectivity index (χ1n) is 8.06. The Kier molecular flexibility index (Phi) is 7.12. The van der Waals surface area contributed by atoms with Crippen molar-refractivity contribution in [3.05, 3.63) is 52.5 Å². The number of nitrogens with one attached hydrogen (secondary N) is 1. The van der Waals surface area contributed by atoms with E-state index in [4.69, 9.17) is 9.47 Å². The number of ether oxygens (including phenoxy) is 2. The maximum atomic E-state index is 12.0. The van der Waals surface area contributed by atoms with Gasteiger partial charge >= 0.3 is 0 Å². The zero-order valence-electron chi connectivity index (χ0n) is 14.0. The Bertz CT molecular complexity index is 671. The minimum Gasteiger partial charge on any atom is -0.494 e. The van der Waals surface area contributed by atoms with Crippen LogP contribution in [-0.4, -0.2) is 19.1 Å². The van der Waals surface area contributed by atoms with Gasteiger partial charge in [0.2, 0.25) is 0 Å². The third-order valence-electron chi connectivity index (χ3n) is 3.37.